The second kappa shape index (κ2) is 9.74. The molecule has 2 heterocycles. The number of ketones is 1. The molecule has 0 N–H and O–H groups in total. The standard InChI is InChI=1S/C23H18Cl2F8N2O/c24-15-5-11-1-3-34(9-13(11)7-17(15)26)20(22(28,29)30)19(36)21(23(31,32)33)35-4-2-12-6-16(25)18(27)8-14(12)10-35/h5-8,20-21H,1-4,9-10H2. The zero-order chi connectivity index (χ0) is 26.6. The highest BCUT2D eigenvalue weighted by Crippen LogP contribution is 2.37. The van der Waals surface area contributed by atoms with Gasteiger partial charge in [-0.15, -0.1) is 0 Å². The molecule has 2 aromatic carbocycles. The fourth-order valence-electron chi connectivity index (χ4n) is 4.83. The molecule has 0 aliphatic carbocycles. The normalized spacial score (nSPS) is 18.9. The van der Waals surface area contributed by atoms with E-state index in [0.717, 1.165) is 12.1 Å². The number of nitrogens with zero attached hydrogens (tertiary/aromatic N) is 2. The second-order valence-corrected chi connectivity index (χ2v) is 9.62. The molecule has 0 radical (unpaired) electrons. The molecule has 13 heteroatoms. The molecule has 196 valence electrons. The van der Waals surface area contributed by atoms with Crippen molar-refractivity contribution >= 4 is 29.0 Å². The molecule has 2 aliphatic rings. The highest BCUT2D eigenvalue weighted by molar-refractivity contribution is 6.31. The molecule has 3 nitrogen and oxygen atoms in total. The Morgan fingerprint density at radius 2 is 1.06 bits per heavy atom. The predicted molar refractivity (Wildman–Crippen MR) is 116 cm³/mol. The Hall–Kier alpha value is -1.95. The molecule has 0 amide bonds. The van der Waals surface area contributed by atoms with E-state index in [1.807, 2.05) is 0 Å². The topological polar surface area (TPSA) is 23.6 Å². The SMILES string of the molecule is O=C(C(N1CCc2cc(Cl)c(F)cc2C1)C(F)(F)F)C(N1CCc2cc(Cl)c(F)cc2C1)C(F)(F)F. The molecule has 4 rings (SSSR count). The maximum atomic E-state index is 14.1. The van der Waals surface area contributed by atoms with Gasteiger partial charge in [0.1, 0.15) is 11.6 Å². The lowest BCUT2D eigenvalue weighted by molar-refractivity contribution is -0.215. The third-order valence-electron chi connectivity index (χ3n) is 6.46. The van der Waals surface area contributed by atoms with Crippen LogP contribution in [0.4, 0.5) is 35.1 Å². The summed E-state index contributed by atoms with van der Waals surface area (Å²) in [6, 6.07) is -1.82. The van der Waals surface area contributed by atoms with Gasteiger partial charge in [-0.25, -0.2) is 8.78 Å². The van der Waals surface area contributed by atoms with Crippen LogP contribution in [0.1, 0.15) is 22.3 Å². The van der Waals surface area contributed by atoms with Gasteiger partial charge in [-0.05, 0) is 59.4 Å². The first kappa shape index (κ1) is 27.1. The Bertz CT molecular complexity index is 1090. The summed E-state index contributed by atoms with van der Waals surface area (Å²) in [7, 11) is 0. The number of carbonyl (C=O) groups is 1. The Labute approximate surface area is 210 Å². The van der Waals surface area contributed by atoms with Gasteiger partial charge in [-0.3, -0.25) is 14.6 Å². The molecule has 2 unspecified atom stereocenters. The van der Waals surface area contributed by atoms with Gasteiger partial charge in [0, 0.05) is 26.2 Å². The number of alkyl halides is 6. The maximum absolute atomic E-state index is 14.1. The monoisotopic (exact) mass is 560 g/mol. The van der Waals surface area contributed by atoms with Gasteiger partial charge in [-0.1, -0.05) is 23.2 Å². The van der Waals surface area contributed by atoms with E-state index in [-0.39, 0.29) is 47.1 Å². The van der Waals surface area contributed by atoms with Crippen molar-refractivity contribution in [3.8, 4) is 0 Å². The summed E-state index contributed by atoms with van der Waals surface area (Å²) in [5, 5.41) is -0.461. The summed E-state index contributed by atoms with van der Waals surface area (Å²) in [6.45, 7) is -1.95. The van der Waals surface area contributed by atoms with Crippen molar-refractivity contribution in [3.05, 3.63) is 68.2 Å². The van der Waals surface area contributed by atoms with E-state index in [4.69, 9.17) is 23.2 Å². The second-order valence-electron chi connectivity index (χ2n) is 8.80. The van der Waals surface area contributed by atoms with Crippen molar-refractivity contribution < 1.29 is 39.9 Å². The molecule has 2 aromatic rings. The summed E-state index contributed by atoms with van der Waals surface area (Å²) in [6.07, 6.45) is -10.8. The van der Waals surface area contributed by atoms with Crippen LogP contribution in [-0.2, 0) is 30.7 Å². The first-order chi connectivity index (χ1) is 16.7. The van der Waals surface area contributed by atoms with Crippen LogP contribution >= 0.6 is 23.2 Å². The fourth-order valence-corrected chi connectivity index (χ4v) is 5.20. The van der Waals surface area contributed by atoms with Gasteiger partial charge in [0.15, 0.2) is 17.9 Å². The average molecular weight is 561 g/mol. The van der Waals surface area contributed by atoms with Crippen LogP contribution < -0.4 is 0 Å². The lowest BCUT2D eigenvalue weighted by Crippen LogP contribution is -2.62. The largest absolute Gasteiger partial charge is 0.411 e. The summed E-state index contributed by atoms with van der Waals surface area (Å²) < 4.78 is 113. The molecule has 2 aliphatic heterocycles. The van der Waals surface area contributed by atoms with Crippen molar-refractivity contribution in [3.63, 3.8) is 0 Å². The Morgan fingerprint density at radius 1 is 0.694 bits per heavy atom. The quantitative estimate of drug-likeness (QED) is 0.421. The third kappa shape index (κ3) is 5.34. The molecule has 2 atom stereocenters. The van der Waals surface area contributed by atoms with Gasteiger partial charge in [0.05, 0.1) is 10.0 Å². The molecular weight excluding hydrogens is 543 g/mol. The van der Waals surface area contributed by atoms with Gasteiger partial charge in [0.25, 0.3) is 0 Å². The van der Waals surface area contributed by atoms with Gasteiger partial charge < -0.3 is 0 Å². The molecule has 0 saturated heterocycles. The number of benzene rings is 2. The van der Waals surface area contributed by atoms with Crippen LogP contribution in [0, 0.1) is 11.6 Å². The van der Waals surface area contributed by atoms with Gasteiger partial charge in [-0.2, -0.15) is 26.3 Å². The van der Waals surface area contributed by atoms with Crippen molar-refractivity contribution in [2.45, 2.75) is 50.4 Å². The van der Waals surface area contributed by atoms with E-state index in [1.54, 1.807) is 0 Å². The van der Waals surface area contributed by atoms with Crippen LogP contribution in [0.2, 0.25) is 10.0 Å². The number of hydrogen-bond donors (Lipinski definition) is 0. The Kier molecular flexibility index (Phi) is 7.33. The van der Waals surface area contributed by atoms with E-state index in [0.29, 0.717) is 20.9 Å². The van der Waals surface area contributed by atoms with E-state index in [1.165, 1.54) is 12.1 Å². The minimum atomic E-state index is -5.34. The minimum Gasteiger partial charge on any atom is -0.295 e. The van der Waals surface area contributed by atoms with Crippen molar-refractivity contribution in [1.82, 2.24) is 9.80 Å². The summed E-state index contributed by atoms with van der Waals surface area (Å²) in [4.78, 5) is 14.2. The first-order valence-electron chi connectivity index (χ1n) is 10.8. The number of Topliss-reactive ketones (excluding diaryl/α,β-unsaturated/α-hetero) is 1. The molecule has 0 saturated carbocycles. The lowest BCUT2D eigenvalue weighted by Gasteiger charge is -2.41. The summed E-state index contributed by atoms with van der Waals surface area (Å²) in [5.74, 6) is -3.87. The van der Waals surface area contributed by atoms with Gasteiger partial charge >= 0.3 is 12.4 Å². The zero-order valence-corrected chi connectivity index (χ0v) is 19.8. The number of halogens is 10. The highest BCUT2D eigenvalue weighted by Gasteiger charge is 2.58. The molecule has 36 heavy (non-hydrogen) atoms. The number of rotatable bonds is 4. The summed E-state index contributed by atoms with van der Waals surface area (Å²) >= 11 is 11.4. The molecular formula is C23H18Cl2F8N2O. The van der Waals surface area contributed by atoms with Crippen molar-refractivity contribution in [1.29, 1.82) is 0 Å². The zero-order valence-electron chi connectivity index (χ0n) is 18.3. The van der Waals surface area contributed by atoms with Crippen molar-refractivity contribution in [2.75, 3.05) is 13.1 Å². The van der Waals surface area contributed by atoms with Crippen LogP contribution in [0.15, 0.2) is 24.3 Å². The predicted octanol–water partition coefficient (Wildman–Crippen LogP) is 6.12. The highest BCUT2D eigenvalue weighted by atomic mass is 35.5. The van der Waals surface area contributed by atoms with E-state index in [2.05, 4.69) is 0 Å². The molecule has 0 aromatic heterocycles. The van der Waals surface area contributed by atoms with E-state index < -0.39 is 54.9 Å². The maximum Gasteiger partial charge on any atom is 0.411 e. The minimum absolute atomic E-state index is 0.0665. The van der Waals surface area contributed by atoms with Crippen molar-refractivity contribution in [2.24, 2.45) is 0 Å². The molecule has 0 fully saturated rings. The first-order valence-corrected chi connectivity index (χ1v) is 11.5. The average Bonchev–Trinajstić information content (AvgIpc) is 2.74. The van der Waals surface area contributed by atoms with E-state index in [9.17, 15) is 39.9 Å². The number of fused-ring (bicyclic) bond motifs is 2. The fraction of sp³-hybridized carbons (Fsp3) is 0.435. The van der Waals surface area contributed by atoms with Crippen LogP contribution in [0.25, 0.3) is 0 Å². The smallest absolute Gasteiger partial charge is 0.295 e. The third-order valence-corrected chi connectivity index (χ3v) is 7.04. The lowest BCUT2D eigenvalue weighted by atomic mass is 9.93. The number of hydrogen-bond acceptors (Lipinski definition) is 3. The molecule has 0 spiro atoms. The summed E-state index contributed by atoms with van der Waals surface area (Å²) in [5.41, 5.74) is 1.11. The van der Waals surface area contributed by atoms with Crippen LogP contribution in [0.5, 0.6) is 0 Å². The van der Waals surface area contributed by atoms with Crippen LogP contribution in [0.3, 0.4) is 0 Å². The Balaban J connectivity index is 1.67. The van der Waals surface area contributed by atoms with Crippen LogP contribution in [-0.4, -0.2) is 53.1 Å². The Morgan fingerprint density at radius 3 is 1.39 bits per heavy atom. The molecule has 0 bridgehead atoms. The van der Waals surface area contributed by atoms with E-state index >= 15 is 0 Å². The van der Waals surface area contributed by atoms with Gasteiger partial charge in [0.2, 0.25) is 0 Å². The number of carbonyl (C=O) groups excluding carboxylic acids is 1.